The molecule has 20 heavy (non-hydrogen) atoms. The number of aliphatic hydroxyl groups is 1. The summed E-state index contributed by atoms with van der Waals surface area (Å²) in [5, 5.41) is 10.3. The van der Waals surface area contributed by atoms with Crippen molar-refractivity contribution in [2.45, 2.75) is 25.9 Å². The van der Waals surface area contributed by atoms with Gasteiger partial charge >= 0.3 is 0 Å². The van der Waals surface area contributed by atoms with Gasteiger partial charge in [0, 0.05) is 5.92 Å². The van der Waals surface area contributed by atoms with Crippen LogP contribution in [-0.4, -0.2) is 5.11 Å². The molecule has 2 rings (SSSR count). The van der Waals surface area contributed by atoms with Crippen molar-refractivity contribution in [3.8, 4) is 0 Å². The summed E-state index contributed by atoms with van der Waals surface area (Å²) in [6.45, 7) is 2.05. The molecule has 0 radical (unpaired) electrons. The number of benzene rings is 2. The molecule has 2 aromatic carbocycles. The van der Waals surface area contributed by atoms with E-state index in [9.17, 15) is 5.11 Å². The molecule has 0 aromatic heterocycles. The third-order valence-electron chi connectivity index (χ3n) is 3.52. The molecule has 0 heterocycles. The molecule has 1 N–H and O–H groups in total. The number of hydrogen-bond donors (Lipinski definition) is 1. The van der Waals surface area contributed by atoms with E-state index in [1.165, 1.54) is 5.56 Å². The summed E-state index contributed by atoms with van der Waals surface area (Å²) in [7, 11) is 0. The van der Waals surface area contributed by atoms with Crippen molar-refractivity contribution in [1.29, 1.82) is 0 Å². The number of aryl methyl sites for hydroxylation is 1. The van der Waals surface area contributed by atoms with Crippen LogP contribution in [0.4, 0.5) is 0 Å². The third-order valence-corrected chi connectivity index (χ3v) is 3.52. The van der Waals surface area contributed by atoms with Crippen molar-refractivity contribution in [2.24, 2.45) is 5.92 Å². The molecule has 0 amide bonds. The zero-order chi connectivity index (χ0) is 14.2. The number of aliphatic hydroxyl groups excluding tert-OH is 1. The van der Waals surface area contributed by atoms with E-state index in [0.29, 0.717) is 0 Å². The van der Waals surface area contributed by atoms with Gasteiger partial charge in [-0.25, -0.2) is 0 Å². The van der Waals surface area contributed by atoms with Gasteiger partial charge in [-0.05, 0) is 24.0 Å². The first-order chi connectivity index (χ1) is 9.77. The molecule has 0 bridgehead atoms. The highest BCUT2D eigenvalue weighted by atomic mass is 16.3. The Morgan fingerprint density at radius 2 is 1.55 bits per heavy atom. The smallest absolute Gasteiger partial charge is 0.0849 e. The van der Waals surface area contributed by atoms with Gasteiger partial charge in [0.1, 0.15) is 0 Å². The number of hydrogen-bond acceptors (Lipinski definition) is 1. The van der Waals surface area contributed by atoms with Crippen molar-refractivity contribution < 1.29 is 5.11 Å². The Morgan fingerprint density at radius 3 is 2.20 bits per heavy atom. The van der Waals surface area contributed by atoms with Crippen LogP contribution in [0.1, 0.15) is 30.6 Å². The van der Waals surface area contributed by atoms with Gasteiger partial charge in [-0.1, -0.05) is 79.7 Å². The highest BCUT2D eigenvalue weighted by Gasteiger charge is 2.12. The summed E-state index contributed by atoms with van der Waals surface area (Å²) >= 11 is 0. The topological polar surface area (TPSA) is 20.2 Å². The van der Waals surface area contributed by atoms with Gasteiger partial charge in [-0.3, -0.25) is 0 Å². The third kappa shape index (κ3) is 4.36. The summed E-state index contributed by atoms with van der Waals surface area (Å²) in [6, 6.07) is 20.3. The van der Waals surface area contributed by atoms with Crippen LogP contribution in [0.15, 0.2) is 72.8 Å². The Morgan fingerprint density at radius 1 is 0.950 bits per heavy atom. The van der Waals surface area contributed by atoms with Crippen LogP contribution in [0.5, 0.6) is 0 Å². The fraction of sp³-hybridized carbons (Fsp3) is 0.263. The van der Waals surface area contributed by atoms with Gasteiger partial charge in [0.2, 0.25) is 0 Å². The first-order valence-corrected chi connectivity index (χ1v) is 7.21. The lowest BCUT2D eigenvalue weighted by molar-refractivity contribution is 0.139. The minimum atomic E-state index is -0.427. The van der Waals surface area contributed by atoms with Crippen molar-refractivity contribution in [1.82, 2.24) is 0 Å². The summed E-state index contributed by atoms with van der Waals surface area (Å²) < 4.78 is 0. The Labute approximate surface area is 121 Å². The first-order valence-electron chi connectivity index (χ1n) is 7.21. The van der Waals surface area contributed by atoms with Crippen LogP contribution < -0.4 is 0 Å². The van der Waals surface area contributed by atoms with Gasteiger partial charge < -0.3 is 5.11 Å². The molecule has 2 atom stereocenters. The molecule has 1 heteroatoms. The normalized spacial score (nSPS) is 14.3. The maximum atomic E-state index is 10.3. The van der Waals surface area contributed by atoms with Crippen LogP contribution >= 0.6 is 0 Å². The zero-order valence-corrected chi connectivity index (χ0v) is 11.9. The minimum absolute atomic E-state index is 0.133. The van der Waals surface area contributed by atoms with Crippen molar-refractivity contribution in [3.05, 3.63) is 83.9 Å². The van der Waals surface area contributed by atoms with Crippen LogP contribution in [0, 0.1) is 5.92 Å². The van der Waals surface area contributed by atoms with Gasteiger partial charge in [0.25, 0.3) is 0 Å². The molecule has 104 valence electrons. The average molecular weight is 266 g/mol. The average Bonchev–Trinajstić information content (AvgIpc) is 2.52. The molecule has 0 aliphatic heterocycles. The van der Waals surface area contributed by atoms with Crippen LogP contribution in [0.3, 0.4) is 0 Å². The monoisotopic (exact) mass is 266 g/mol. The van der Waals surface area contributed by atoms with E-state index in [4.69, 9.17) is 0 Å². The second kappa shape index (κ2) is 7.66. The molecule has 0 aliphatic rings. The molecule has 0 saturated carbocycles. The molecule has 0 spiro atoms. The maximum Gasteiger partial charge on any atom is 0.0849 e. The number of rotatable bonds is 6. The molecule has 0 unspecified atom stereocenters. The molecular formula is C19H22O. The fourth-order valence-electron chi connectivity index (χ4n) is 2.26. The highest BCUT2D eigenvalue weighted by Crippen LogP contribution is 2.22. The summed E-state index contributed by atoms with van der Waals surface area (Å²) in [5.74, 6) is 0.133. The van der Waals surface area contributed by atoms with Crippen LogP contribution in [-0.2, 0) is 6.42 Å². The predicted molar refractivity (Wildman–Crippen MR) is 84.5 cm³/mol. The van der Waals surface area contributed by atoms with E-state index in [1.54, 1.807) is 0 Å². The second-order valence-corrected chi connectivity index (χ2v) is 5.17. The lowest BCUT2D eigenvalue weighted by Gasteiger charge is -2.15. The summed E-state index contributed by atoms with van der Waals surface area (Å²) in [5.41, 5.74) is 2.33. The molecule has 0 fully saturated rings. The standard InChI is InChI=1S/C19H22O/c1-16(19(20)18-14-6-3-7-15-18)10-8-9-13-17-11-4-2-5-12-17/h2-8,10-12,14-16,19-20H,9,13H2,1H3/b10-8+/t16-,19-/m0/s1. The van der Waals surface area contributed by atoms with E-state index in [0.717, 1.165) is 18.4 Å². The predicted octanol–water partition coefficient (Wildman–Crippen LogP) is 4.55. The molecule has 0 aliphatic carbocycles. The fourth-order valence-corrected chi connectivity index (χ4v) is 2.26. The van der Waals surface area contributed by atoms with Crippen molar-refractivity contribution in [3.63, 3.8) is 0 Å². The second-order valence-electron chi connectivity index (χ2n) is 5.17. The van der Waals surface area contributed by atoms with E-state index in [-0.39, 0.29) is 5.92 Å². The quantitative estimate of drug-likeness (QED) is 0.761. The molecule has 2 aromatic rings. The van der Waals surface area contributed by atoms with E-state index < -0.39 is 6.10 Å². The SMILES string of the molecule is C[C@@H](/C=C/CCc1ccccc1)[C@H](O)c1ccccc1. The van der Waals surface area contributed by atoms with Crippen LogP contribution in [0.25, 0.3) is 0 Å². The summed E-state index contributed by atoms with van der Waals surface area (Å²) in [4.78, 5) is 0. The lowest BCUT2D eigenvalue weighted by atomic mass is 9.96. The lowest BCUT2D eigenvalue weighted by Crippen LogP contribution is -2.06. The van der Waals surface area contributed by atoms with Gasteiger partial charge in [-0.2, -0.15) is 0 Å². The van der Waals surface area contributed by atoms with Crippen molar-refractivity contribution in [2.75, 3.05) is 0 Å². The van der Waals surface area contributed by atoms with E-state index >= 15 is 0 Å². The Kier molecular flexibility index (Phi) is 5.57. The summed E-state index contributed by atoms with van der Waals surface area (Å²) in [6.07, 6.45) is 5.91. The largest absolute Gasteiger partial charge is 0.388 e. The van der Waals surface area contributed by atoms with E-state index in [2.05, 4.69) is 43.3 Å². The van der Waals surface area contributed by atoms with Gasteiger partial charge in [0.15, 0.2) is 0 Å². The van der Waals surface area contributed by atoms with Gasteiger partial charge in [-0.15, -0.1) is 0 Å². The van der Waals surface area contributed by atoms with E-state index in [1.807, 2.05) is 36.4 Å². The number of allylic oxidation sites excluding steroid dienone is 1. The molecule has 1 nitrogen and oxygen atoms in total. The minimum Gasteiger partial charge on any atom is -0.388 e. The Hall–Kier alpha value is -1.86. The Balaban J connectivity index is 1.82. The van der Waals surface area contributed by atoms with Crippen LogP contribution in [0.2, 0.25) is 0 Å². The van der Waals surface area contributed by atoms with Crippen molar-refractivity contribution >= 4 is 0 Å². The highest BCUT2D eigenvalue weighted by molar-refractivity contribution is 5.19. The molecular weight excluding hydrogens is 244 g/mol. The maximum absolute atomic E-state index is 10.3. The van der Waals surface area contributed by atoms with Gasteiger partial charge in [0.05, 0.1) is 6.10 Å². The first kappa shape index (κ1) is 14.5. The molecule has 0 saturated heterocycles. The Bertz CT molecular complexity index is 516. The zero-order valence-electron chi connectivity index (χ0n) is 11.9.